The molecular weight excluding hydrogens is 466 g/mol. The minimum atomic E-state index is -0.824. The molecule has 1 saturated carbocycles. The van der Waals surface area contributed by atoms with Crippen LogP contribution in [0.5, 0.6) is 11.5 Å². The SMILES string of the molecule is COc1ccc(CCNC2=C(C(c3ccccc3)C3C(=O)CC(C)(C)CC3=O)C(=O)CCC2)cc1OC. The van der Waals surface area contributed by atoms with Crippen molar-refractivity contribution in [3.8, 4) is 11.5 Å². The molecule has 2 aliphatic carbocycles. The van der Waals surface area contributed by atoms with Gasteiger partial charge in [0.05, 0.1) is 20.1 Å². The Bertz CT molecular complexity index is 1180. The molecular formula is C31H37NO5. The fraction of sp³-hybridized carbons (Fsp3) is 0.452. The summed E-state index contributed by atoms with van der Waals surface area (Å²) >= 11 is 0. The first-order valence-corrected chi connectivity index (χ1v) is 13.1. The average molecular weight is 504 g/mol. The van der Waals surface area contributed by atoms with Gasteiger partial charge in [0, 0.05) is 43.0 Å². The van der Waals surface area contributed by atoms with Gasteiger partial charge in [-0.25, -0.2) is 0 Å². The van der Waals surface area contributed by atoms with Crippen molar-refractivity contribution in [1.82, 2.24) is 5.32 Å². The summed E-state index contributed by atoms with van der Waals surface area (Å²) in [7, 11) is 3.22. The molecule has 0 heterocycles. The van der Waals surface area contributed by atoms with Crippen LogP contribution in [0.15, 0.2) is 59.8 Å². The molecule has 2 aromatic rings. The molecule has 0 aromatic heterocycles. The van der Waals surface area contributed by atoms with Crippen LogP contribution in [0.2, 0.25) is 0 Å². The summed E-state index contributed by atoms with van der Waals surface area (Å²) in [5, 5.41) is 3.52. The quantitative estimate of drug-likeness (QED) is 0.474. The monoisotopic (exact) mass is 503 g/mol. The van der Waals surface area contributed by atoms with Crippen molar-refractivity contribution in [1.29, 1.82) is 0 Å². The number of methoxy groups -OCH3 is 2. The van der Waals surface area contributed by atoms with Gasteiger partial charge in [0.25, 0.3) is 0 Å². The maximum atomic E-state index is 13.4. The Morgan fingerprint density at radius 3 is 2.24 bits per heavy atom. The lowest BCUT2D eigenvalue weighted by molar-refractivity contribution is -0.140. The molecule has 0 aliphatic heterocycles. The van der Waals surface area contributed by atoms with Gasteiger partial charge in [0.15, 0.2) is 17.3 Å². The second-order valence-corrected chi connectivity index (χ2v) is 10.9. The number of ketones is 3. The van der Waals surface area contributed by atoms with Crippen LogP contribution in [0.25, 0.3) is 0 Å². The fourth-order valence-corrected chi connectivity index (χ4v) is 5.77. The van der Waals surface area contributed by atoms with Gasteiger partial charge in [-0.05, 0) is 47.9 Å². The molecule has 1 fully saturated rings. The number of ether oxygens (including phenoxy) is 2. The van der Waals surface area contributed by atoms with Gasteiger partial charge < -0.3 is 14.8 Å². The van der Waals surface area contributed by atoms with Crippen LogP contribution in [-0.2, 0) is 20.8 Å². The van der Waals surface area contributed by atoms with Crippen molar-refractivity contribution in [3.63, 3.8) is 0 Å². The van der Waals surface area contributed by atoms with E-state index in [1.54, 1.807) is 14.2 Å². The first kappa shape index (κ1) is 26.6. The lowest BCUT2D eigenvalue weighted by Crippen LogP contribution is -2.43. The number of carbonyl (C=O) groups is 3. The zero-order chi connectivity index (χ0) is 26.6. The minimum Gasteiger partial charge on any atom is -0.493 e. The van der Waals surface area contributed by atoms with Crippen molar-refractivity contribution < 1.29 is 23.9 Å². The molecule has 0 bridgehead atoms. The topological polar surface area (TPSA) is 81.7 Å². The third-order valence-electron chi connectivity index (χ3n) is 7.46. The summed E-state index contributed by atoms with van der Waals surface area (Å²) in [5.41, 5.74) is 3.04. The first-order chi connectivity index (χ1) is 17.7. The van der Waals surface area contributed by atoms with E-state index in [9.17, 15) is 14.4 Å². The van der Waals surface area contributed by atoms with Crippen LogP contribution >= 0.6 is 0 Å². The summed E-state index contributed by atoms with van der Waals surface area (Å²) in [6, 6.07) is 15.4. The second kappa shape index (κ2) is 11.3. The van der Waals surface area contributed by atoms with Gasteiger partial charge >= 0.3 is 0 Å². The molecule has 0 saturated heterocycles. The van der Waals surface area contributed by atoms with Crippen molar-refractivity contribution in [2.45, 2.75) is 58.3 Å². The molecule has 4 rings (SSSR count). The Morgan fingerprint density at radius 1 is 0.919 bits per heavy atom. The van der Waals surface area contributed by atoms with Gasteiger partial charge in [-0.1, -0.05) is 50.2 Å². The molecule has 0 radical (unpaired) electrons. The summed E-state index contributed by atoms with van der Waals surface area (Å²) < 4.78 is 10.8. The highest BCUT2D eigenvalue weighted by Crippen LogP contribution is 2.45. The zero-order valence-corrected chi connectivity index (χ0v) is 22.3. The van der Waals surface area contributed by atoms with Crippen LogP contribution in [0.4, 0.5) is 0 Å². The molecule has 196 valence electrons. The summed E-state index contributed by atoms with van der Waals surface area (Å²) in [5.74, 6) is -0.133. The smallest absolute Gasteiger partial charge is 0.161 e. The van der Waals surface area contributed by atoms with Crippen LogP contribution in [-0.4, -0.2) is 38.1 Å². The Kier molecular flexibility index (Phi) is 8.16. The minimum absolute atomic E-state index is 0.0270. The van der Waals surface area contributed by atoms with Crippen LogP contribution in [0.1, 0.15) is 63.0 Å². The Morgan fingerprint density at radius 2 is 1.59 bits per heavy atom. The maximum absolute atomic E-state index is 13.4. The number of hydrogen-bond acceptors (Lipinski definition) is 6. The fourth-order valence-electron chi connectivity index (χ4n) is 5.77. The third-order valence-corrected chi connectivity index (χ3v) is 7.46. The van der Waals surface area contributed by atoms with Crippen molar-refractivity contribution >= 4 is 17.3 Å². The molecule has 1 N–H and O–H groups in total. The third kappa shape index (κ3) is 5.95. The first-order valence-electron chi connectivity index (χ1n) is 13.1. The van der Waals surface area contributed by atoms with Gasteiger partial charge in [0.2, 0.25) is 0 Å². The number of allylic oxidation sites excluding steroid dienone is 2. The van der Waals surface area contributed by atoms with E-state index in [0.29, 0.717) is 42.9 Å². The largest absolute Gasteiger partial charge is 0.493 e. The van der Waals surface area contributed by atoms with E-state index < -0.39 is 11.8 Å². The number of hydrogen-bond donors (Lipinski definition) is 1. The van der Waals surface area contributed by atoms with Gasteiger partial charge in [-0.15, -0.1) is 0 Å². The van der Waals surface area contributed by atoms with Crippen LogP contribution in [0, 0.1) is 11.3 Å². The van der Waals surface area contributed by atoms with E-state index in [4.69, 9.17) is 9.47 Å². The molecule has 1 unspecified atom stereocenters. The average Bonchev–Trinajstić information content (AvgIpc) is 2.86. The number of rotatable bonds is 9. The number of Topliss-reactive ketones (excluding diaryl/α,β-unsaturated/α-hetero) is 3. The molecule has 6 nitrogen and oxygen atoms in total. The lowest BCUT2D eigenvalue weighted by atomic mass is 9.64. The van der Waals surface area contributed by atoms with E-state index in [1.807, 2.05) is 62.4 Å². The van der Waals surface area contributed by atoms with Crippen molar-refractivity contribution in [2.75, 3.05) is 20.8 Å². The van der Waals surface area contributed by atoms with Gasteiger partial charge in [-0.2, -0.15) is 0 Å². The second-order valence-electron chi connectivity index (χ2n) is 10.9. The summed E-state index contributed by atoms with van der Waals surface area (Å²) in [4.78, 5) is 40.3. The van der Waals surface area contributed by atoms with Crippen LogP contribution < -0.4 is 14.8 Å². The van der Waals surface area contributed by atoms with E-state index in [2.05, 4.69) is 5.32 Å². The molecule has 1 atom stereocenters. The summed E-state index contributed by atoms with van der Waals surface area (Å²) in [6.07, 6.45) is 3.31. The highest BCUT2D eigenvalue weighted by atomic mass is 16.5. The Labute approximate surface area is 219 Å². The van der Waals surface area contributed by atoms with Crippen LogP contribution in [0.3, 0.4) is 0 Å². The predicted molar refractivity (Wildman–Crippen MR) is 143 cm³/mol. The number of carbonyl (C=O) groups excluding carboxylic acids is 3. The molecule has 2 aromatic carbocycles. The Hall–Kier alpha value is -3.41. The van der Waals surface area contributed by atoms with Crippen molar-refractivity contribution in [3.05, 3.63) is 70.9 Å². The van der Waals surface area contributed by atoms with Crippen molar-refractivity contribution in [2.24, 2.45) is 11.3 Å². The molecule has 37 heavy (non-hydrogen) atoms. The Balaban J connectivity index is 1.66. The van der Waals surface area contributed by atoms with E-state index in [1.165, 1.54) is 0 Å². The molecule has 0 spiro atoms. The normalized spacial score (nSPS) is 19.1. The van der Waals surface area contributed by atoms with E-state index in [-0.39, 0.29) is 22.8 Å². The summed E-state index contributed by atoms with van der Waals surface area (Å²) in [6.45, 7) is 4.54. The molecule has 6 heteroatoms. The zero-order valence-electron chi connectivity index (χ0n) is 22.3. The number of nitrogens with one attached hydrogen (secondary N) is 1. The maximum Gasteiger partial charge on any atom is 0.161 e. The highest BCUT2D eigenvalue weighted by Gasteiger charge is 2.47. The highest BCUT2D eigenvalue weighted by molar-refractivity contribution is 6.09. The van der Waals surface area contributed by atoms with Gasteiger partial charge in [0.1, 0.15) is 11.6 Å². The lowest BCUT2D eigenvalue weighted by Gasteiger charge is -2.38. The standard InChI is InChI=1S/C31H37NO5/c1-31(2)18-24(34)30(25(35)19-31)28(21-9-6-5-7-10-21)29-22(11-8-12-23(29)33)32-16-15-20-13-14-26(36-3)27(17-20)37-4/h5-7,9-10,13-14,17,28,30,32H,8,11-12,15-16,18-19H2,1-4H3. The molecule has 2 aliphatic rings. The molecule has 0 amide bonds. The predicted octanol–water partition coefficient (Wildman–Crippen LogP) is 5.20. The van der Waals surface area contributed by atoms with Gasteiger partial charge in [-0.3, -0.25) is 14.4 Å². The van der Waals surface area contributed by atoms with E-state index >= 15 is 0 Å². The number of benzene rings is 2. The van der Waals surface area contributed by atoms with E-state index in [0.717, 1.165) is 36.1 Å².